The summed E-state index contributed by atoms with van der Waals surface area (Å²) in [4.78, 5) is 9.31. The van der Waals surface area contributed by atoms with Crippen molar-refractivity contribution in [1.82, 2.24) is 20.4 Å². The smallest absolute Gasteiger partial charge is 0.191 e. The normalized spacial score (nSPS) is 24.1. The van der Waals surface area contributed by atoms with Gasteiger partial charge in [0.1, 0.15) is 0 Å². The summed E-state index contributed by atoms with van der Waals surface area (Å²) in [5.74, 6) is 1.67. The summed E-state index contributed by atoms with van der Waals surface area (Å²) in [7, 11) is 1.85. The summed E-state index contributed by atoms with van der Waals surface area (Å²) in [6.45, 7) is 12.7. The molecule has 0 aromatic heterocycles. The maximum atomic E-state index is 5.37. The number of rotatable bonds is 6. The number of morpholine rings is 1. The third-order valence-electron chi connectivity index (χ3n) is 4.66. The maximum Gasteiger partial charge on any atom is 0.191 e. The van der Waals surface area contributed by atoms with Crippen LogP contribution in [-0.2, 0) is 4.74 Å². The van der Waals surface area contributed by atoms with Gasteiger partial charge >= 0.3 is 0 Å². The Labute approximate surface area is 158 Å². The highest BCUT2D eigenvalue weighted by molar-refractivity contribution is 14.0. The average molecular weight is 439 g/mol. The van der Waals surface area contributed by atoms with Crippen molar-refractivity contribution in [3.05, 3.63) is 0 Å². The van der Waals surface area contributed by atoms with Gasteiger partial charge in [0.25, 0.3) is 0 Å². The molecule has 2 heterocycles. The maximum absolute atomic E-state index is 5.37. The molecule has 0 radical (unpaired) electrons. The lowest BCUT2D eigenvalue weighted by molar-refractivity contribution is 0.0389. The number of piperidine rings is 1. The number of halogens is 1. The number of likely N-dealkylation sites (tertiary alicyclic amines) is 1. The van der Waals surface area contributed by atoms with Crippen molar-refractivity contribution in [2.45, 2.75) is 19.8 Å². The molecule has 1 unspecified atom stereocenters. The third kappa shape index (κ3) is 8.00. The molecule has 2 saturated heterocycles. The van der Waals surface area contributed by atoms with Gasteiger partial charge in [-0.25, -0.2) is 0 Å². The zero-order valence-corrected chi connectivity index (χ0v) is 17.1. The van der Waals surface area contributed by atoms with Crippen LogP contribution in [0.2, 0.25) is 0 Å². The molecule has 136 valence electrons. The quantitative estimate of drug-likeness (QED) is 0.365. The summed E-state index contributed by atoms with van der Waals surface area (Å²) in [6, 6.07) is 0. The highest BCUT2D eigenvalue weighted by Crippen LogP contribution is 2.14. The molecule has 0 aliphatic carbocycles. The summed E-state index contributed by atoms with van der Waals surface area (Å²) in [5, 5.41) is 6.91. The number of guanidine groups is 1. The van der Waals surface area contributed by atoms with Gasteiger partial charge in [0.2, 0.25) is 0 Å². The molecule has 0 aromatic rings. The van der Waals surface area contributed by atoms with Crippen LogP contribution in [0.15, 0.2) is 4.99 Å². The molecule has 2 rings (SSSR count). The number of hydrogen-bond acceptors (Lipinski definition) is 4. The van der Waals surface area contributed by atoms with Crippen molar-refractivity contribution < 1.29 is 4.74 Å². The second kappa shape index (κ2) is 12.3. The highest BCUT2D eigenvalue weighted by atomic mass is 127. The van der Waals surface area contributed by atoms with E-state index in [0.717, 1.165) is 57.8 Å². The van der Waals surface area contributed by atoms with E-state index in [4.69, 9.17) is 4.74 Å². The highest BCUT2D eigenvalue weighted by Gasteiger charge is 2.18. The van der Waals surface area contributed by atoms with E-state index in [-0.39, 0.29) is 24.0 Å². The Hall–Kier alpha value is -0.120. The fraction of sp³-hybridized carbons (Fsp3) is 0.938. The Morgan fingerprint density at radius 3 is 2.65 bits per heavy atom. The van der Waals surface area contributed by atoms with Crippen LogP contribution < -0.4 is 10.6 Å². The number of hydrogen-bond donors (Lipinski definition) is 2. The molecule has 2 N–H and O–H groups in total. The Morgan fingerprint density at radius 1 is 1.17 bits per heavy atom. The number of nitrogens with zero attached hydrogens (tertiary/aromatic N) is 3. The lowest BCUT2D eigenvalue weighted by Crippen LogP contribution is -2.47. The summed E-state index contributed by atoms with van der Waals surface area (Å²) >= 11 is 0. The summed E-state index contributed by atoms with van der Waals surface area (Å²) in [5.41, 5.74) is 0. The van der Waals surface area contributed by atoms with Crippen molar-refractivity contribution in [2.24, 2.45) is 10.9 Å². The SMILES string of the molecule is CCN1CCCC(CNC(=NC)NCCN2CCOCC2)C1.I. The fourth-order valence-electron chi connectivity index (χ4n) is 3.22. The van der Waals surface area contributed by atoms with E-state index in [1.807, 2.05) is 7.05 Å². The molecule has 23 heavy (non-hydrogen) atoms. The van der Waals surface area contributed by atoms with Crippen LogP contribution >= 0.6 is 24.0 Å². The van der Waals surface area contributed by atoms with Crippen LogP contribution in [0.1, 0.15) is 19.8 Å². The van der Waals surface area contributed by atoms with Crippen LogP contribution in [0.25, 0.3) is 0 Å². The van der Waals surface area contributed by atoms with Gasteiger partial charge in [0.15, 0.2) is 5.96 Å². The minimum Gasteiger partial charge on any atom is -0.379 e. The second-order valence-corrected chi connectivity index (χ2v) is 6.24. The Kier molecular flexibility index (Phi) is 11.2. The lowest BCUT2D eigenvalue weighted by Gasteiger charge is -2.32. The van der Waals surface area contributed by atoms with Gasteiger partial charge in [-0.3, -0.25) is 9.89 Å². The molecule has 2 aliphatic rings. The first-order chi connectivity index (χ1) is 10.8. The predicted molar refractivity (Wildman–Crippen MR) is 107 cm³/mol. The monoisotopic (exact) mass is 439 g/mol. The van der Waals surface area contributed by atoms with Crippen molar-refractivity contribution in [3.8, 4) is 0 Å². The minimum atomic E-state index is 0. The van der Waals surface area contributed by atoms with E-state index in [1.54, 1.807) is 0 Å². The molecule has 0 aromatic carbocycles. The third-order valence-corrected chi connectivity index (χ3v) is 4.66. The standard InChI is InChI=1S/C16H33N5O.HI/c1-3-20-7-4-5-15(14-20)13-19-16(17-2)18-6-8-21-9-11-22-12-10-21;/h15H,3-14H2,1-2H3,(H2,17,18,19);1H. The molecule has 2 fully saturated rings. The fourth-order valence-corrected chi connectivity index (χ4v) is 3.22. The minimum absolute atomic E-state index is 0. The molecule has 6 nitrogen and oxygen atoms in total. The Bertz CT molecular complexity index is 336. The van der Waals surface area contributed by atoms with Crippen LogP contribution in [0, 0.1) is 5.92 Å². The molecule has 0 bridgehead atoms. The molecular weight excluding hydrogens is 405 g/mol. The average Bonchev–Trinajstić information content (AvgIpc) is 2.59. The first kappa shape index (κ1) is 20.9. The van der Waals surface area contributed by atoms with E-state index in [0.29, 0.717) is 0 Å². The van der Waals surface area contributed by atoms with Gasteiger partial charge in [-0.15, -0.1) is 24.0 Å². The zero-order valence-electron chi connectivity index (χ0n) is 14.7. The largest absolute Gasteiger partial charge is 0.379 e. The van der Waals surface area contributed by atoms with Gasteiger partial charge in [0, 0.05) is 46.3 Å². The molecule has 1 atom stereocenters. The number of ether oxygens (including phenoxy) is 1. The van der Waals surface area contributed by atoms with E-state index in [2.05, 4.69) is 32.3 Å². The Balaban J connectivity index is 0.00000264. The summed E-state index contributed by atoms with van der Waals surface area (Å²) < 4.78 is 5.37. The number of aliphatic imine (C=N–C) groups is 1. The van der Waals surface area contributed by atoms with E-state index in [1.165, 1.54) is 32.5 Å². The molecular formula is C16H34IN5O. The Morgan fingerprint density at radius 2 is 1.96 bits per heavy atom. The van der Waals surface area contributed by atoms with Crippen molar-refractivity contribution in [3.63, 3.8) is 0 Å². The van der Waals surface area contributed by atoms with Crippen molar-refractivity contribution in [2.75, 3.05) is 72.6 Å². The van der Waals surface area contributed by atoms with Crippen molar-refractivity contribution in [1.29, 1.82) is 0 Å². The van der Waals surface area contributed by atoms with Gasteiger partial charge in [0.05, 0.1) is 13.2 Å². The first-order valence-corrected chi connectivity index (χ1v) is 8.78. The van der Waals surface area contributed by atoms with Crippen LogP contribution in [0.4, 0.5) is 0 Å². The molecule has 2 aliphatic heterocycles. The van der Waals surface area contributed by atoms with Gasteiger partial charge in [-0.2, -0.15) is 0 Å². The number of nitrogens with one attached hydrogen (secondary N) is 2. The van der Waals surface area contributed by atoms with Crippen LogP contribution in [-0.4, -0.2) is 88.4 Å². The lowest BCUT2D eigenvalue weighted by atomic mass is 9.98. The molecule has 0 saturated carbocycles. The molecule has 0 amide bonds. The molecule has 0 spiro atoms. The van der Waals surface area contributed by atoms with E-state index < -0.39 is 0 Å². The molecule has 7 heteroatoms. The first-order valence-electron chi connectivity index (χ1n) is 8.78. The van der Waals surface area contributed by atoms with Gasteiger partial charge < -0.3 is 20.3 Å². The van der Waals surface area contributed by atoms with E-state index in [9.17, 15) is 0 Å². The van der Waals surface area contributed by atoms with E-state index >= 15 is 0 Å². The van der Waals surface area contributed by atoms with Gasteiger partial charge in [-0.1, -0.05) is 6.92 Å². The zero-order chi connectivity index (χ0) is 15.6. The van der Waals surface area contributed by atoms with Crippen molar-refractivity contribution >= 4 is 29.9 Å². The predicted octanol–water partition coefficient (Wildman–Crippen LogP) is 0.834. The van der Waals surface area contributed by atoms with Crippen LogP contribution in [0.3, 0.4) is 0 Å². The topological polar surface area (TPSA) is 52.1 Å². The second-order valence-electron chi connectivity index (χ2n) is 6.24. The van der Waals surface area contributed by atoms with Gasteiger partial charge in [-0.05, 0) is 31.8 Å². The summed E-state index contributed by atoms with van der Waals surface area (Å²) in [6.07, 6.45) is 2.65. The van der Waals surface area contributed by atoms with Crippen LogP contribution in [0.5, 0.6) is 0 Å².